The fraction of sp³-hybridized carbons (Fsp3) is 0.227. The predicted molar refractivity (Wildman–Crippen MR) is 107 cm³/mol. The molecule has 1 aliphatic heterocycles. The van der Waals surface area contributed by atoms with E-state index in [-0.39, 0.29) is 29.6 Å². The number of fused-ring (bicyclic) bond motifs is 1. The van der Waals surface area contributed by atoms with Crippen LogP contribution in [0.1, 0.15) is 42.2 Å². The number of aromatic amines is 1. The molecule has 6 nitrogen and oxygen atoms in total. The molecule has 3 amide bonds. The standard InChI is InChI=1S/C22H19F2N3O3/c1-2-22(6-5-19(28)27-21(22)30)13-3-4-17-12(7-13)8-18(26-17)20(29)25-16-10-14(23)9-15(24)11-16/h3-4,7-11,26H,2,5-6H2,1H3,(H,25,29)(H,27,28,30). The lowest BCUT2D eigenvalue weighted by atomic mass is 9.71. The highest BCUT2D eigenvalue weighted by molar-refractivity contribution is 6.07. The fourth-order valence-corrected chi connectivity index (χ4v) is 3.94. The molecule has 0 radical (unpaired) electrons. The van der Waals surface area contributed by atoms with Gasteiger partial charge in [-0.15, -0.1) is 0 Å². The molecule has 0 spiro atoms. The zero-order valence-electron chi connectivity index (χ0n) is 16.1. The topological polar surface area (TPSA) is 91.1 Å². The van der Waals surface area contributed by atoms with Crippen molar-refractivity contribution >= 4 is 34.3 Å². The maximum Gasteiger partial charge on any atom is 0.272 e. The van der Waals surface area contributed by atoms with Gasteiger partial charge in [-0.1, -0.05) is 13.0 Å². The van der Waals surface area contributed by atoms with Crippen molar-refractivity contribution in [2.24, 2.45) is 0 Å². The Bertz CT molecular complexity index is 1170. The van der Waals surface area contributed by atoms with Gasteiger partial charge in [-0.3, -0.25) is 19.7 Å². The van der Waals surface area contributed by atoms with E-state index in [1.165, 1.54) is 0 Å². The number of halogens is 2. The summed E-state index contributed by atoms with van der Waals surface area (Å²) in [7, 11) is 0. The largest absolute Gasteiger partial charge is 0.351 e. The summed E-state index contributed by atoms with van der Waals surface area (Å²) in [5.74, 6) is -2.73. The van der Waals surface area contributed by atoms with Crippen molar-refractivity contribution < 1.29 is 23.2 Å². The minimum atomic E-state index is -0.805. The van der Waals surface area contributed by atoms with Crippen LogP contribution in [0, 0.1) is 11.6 Å². The fourth-order valence-electron chi connectivity index (χ4n) is 3.94. The van der Waals surface area contributed by atoms with Crippen LogP contribution in [0.4, 0.5) is 14.5 Å². The van der Waals surface area contributed by atoms with Gasteiger partial charge in [-0.05, 0) is 48.7 Å². The highest BCUT2D eigenvalue weighted by Crippen LogP contribution is 2.37. The van der Waals surface area contributed by atoms with Crippen molar-refractivity contribution in [1.29, 1.82) is 0 Å². The Morgan fingerprint density at radius 1 is 1.10 bits per heavy atom. The van der Waals surface area contributed by atoms with Gasteiger partial charge >= 0.3 is 0 Å². The van der Waals surface area contributed by atoms with Crippen LogP contribution in [0.2, 0.25) is 0 Å². The van der Waals surface area contributed by atoms with Gasteiger partial charge in [0.05, 0.1) is 5.41 Å². The summed E-state index contributed by atoms with van der Waals surface area (Å²) in [4.78, 5) is 39.6. The number of amides is 3. The lowest BCUT2D eigenvalue weighted by molar-refractivity contribution is -0.138. The molecular weight excluding hydrogens is 392 g/mol. The molecule has 8 heteroatoms. The number of benzene rings is 2. The molecule has 154 valence electrons. The first kappa shape index (κ1) is 19.8. The first-order valence-corrected chi connectivity index (χ1v) is 9.56. The molecule has 2 aromatic carbocycles. The van der Waals surface area contributed by atoms with Crippen LogP contribution in [0.5, 0.6) is 0 Å². The molecule has 1 atom stereocenters. The zero-order chi connectivity index (χ0) is 21.5. The van der Waals surface area contributed by atoms with Gasteiger partial charge in [0, 0.05) is 29.1 Å². The molecule has 1 aliphatic rings. The number of nitrogens with one attached hydrogen (secondary N) is 3. The molecule has 4 rings (SSSR count). The van der Waals surface area contributed by atoms with Gasteiger partial charge in [0.25, 0.3) is 5.91 Å². The van der Waals surface area contributed by atoms with Crippen LogP contribution in [-0.4, -0.2) is 22.7 Å². The molecule has 1 aromatic heterocycles. The van der Waals surface area contributed by atoms with Crippen LogP contribution in [-0.2, 0) is 15.0 Å². The average Bonchev–Trinajstić information content (AvgIpc) is 3.11. The molecule has 1 unspecified atom stereocenters. The zero-order valence-corrected chi connectivity index (χ0v) is 16.1. The van der Waals surface area contributed by atoms with Gasteiger partial charge in [0.15, 0.2) is 0 Å². The summed E-state index contributed by atoms with van der Waals surface area (Å²) in [5.41, 5.74) is 0.848. The number of carbonyl (C=O) groups excluding carboxylic acids is 3. The molecule has 1 saturated heterocycles. The number of hydrogen-bond acceptors (Lipinski definition) is 3. The number of imide groups is 1. The Kier molecular flexibility index (Phi) is 4.85. The average molecular weight is 411 g/mol. The van der Waals surface area contributed by atoms with Crippen molar-refractivity contribution in [3.63, 3.8) is 0 Å². The summed E-state index contributed by atoms with van der Waals surface area (Å²) >= 11 is 0. The summed E-state index contributed by atoms with van der Waals surface area (Å²) in [5, 5.41) is 5.58. The summed E-state index contributed by atoms with van der Waals surface area (Å²) in [6, 6.07) is 9.78. The maximum absolute atomic E-state index is 13.3. The minimum Gasteiger partial charge on any atom is -0.351 e. The maximum atomic E-state index is 13.3. The van der Waals surface area contributed by atoms with Gasteiger partial charge in [-0.2, -0.15) is 0 Å². The van der Waals surface area contributed by atoms with E-state index in [0.29, 0.717) is 23.7 Å². The number of carbonyl (C=O) groups is 3. The van der Waals surface area contributed by atoms with Crippen molar-refractivity contribution in [3.05, 3.63) is 65.4 Å². The summed E-state index contributed by atoms with van der Waals surface area (Å²) < 4.78 is 26.7. The van der Waals surface area contributed by atoms with Gasteiger partial charge in [0.1, 0.15) is 17.3 Å². The molecule has 3 N–H and O–H groups in total. The number of piperidine rings is 1. The smallest absolute Gasteiger partial charge is 0.272 e. The van der Waals surface area contributed by atoms with Crippen LogP contribution in [0.25, 0.3) is 10.9 Å². The van der Waals surface area contributed by atoms with Crippen molar-refractivity contribution in [2.45, 2.75) is 31.6 Å². The van der Waals surface area contributed by atoms with Crippen LogP contribution < -0.4 is 10.6 Å². The van der Waals surface area contributed by atoms with E-state index < -0.39 is 23.0 Å². The minimum absolute atomic E-state index is 0.00493. The summed E-state index contributed by atoms with van der Waals surface area (Å²) in [6.07, 6.45) is 1.21. The third-order valence-electron chi connectivity index (χ3n) is 5.61. The van der Waals surface area contributed by atoms with E-state index in [0.717, 1.165) is 23.8 Å². The number of anilines is 1. The second kappa shape index (κ2) is 7.37. The molecule has 1 fully saturated rings. The first-order valence-electron chi connectivity index (χ1n) is 9.56. The van der Waals surface area contributed by atoms with Crippen molar-refractivity contribution in [2.75, 3.05) is 5.32 Å². The van der Waals surface area contributed by atoms with Crippen molar-refractivity contribution in [3.8, 4) is 0 Å². The Labute approximate surface area is 170 Å². The lowest BCUT2D eigenvalue weighted by Crippen LogP contribution is -2.51. The van der Waals surface area contributed by atoms with Crippen LogP contribution in [0.15, 0.2) is 42.5 Å². The predicted octanol–water partition coefficient (Wildman–Crippen LogP) is 3.78. The number of aromatic nitrogens is 1. The third kappa shape index (κ3) is 3.45. The normalized spacial score (nSPS) is 19.0. The quantitative estimate of drug-likeness (QED) is 0.571. The highest BCUT2D eigenvalue weighted by atomic mass is 19.1. The van der Waals surface area contributed by atoms with E-state index in [9.17, 15) is 23.2 Å². The van der Waals surface area contributed by atoms with Crippen LogP contribution >= 0.6 is 0 Å². The summed E-state index contributed by atoms with van der Waals surface area (Å²) in [6.45, 7) is 1.90. The second-order valence-electron chi connectivity index (χ2n) is 7.41. The molecule has 30 heavy (non-hydrogen) atoms. The molecule has 0 saturated carbocycles. The Morgan fingerprint density at radius 3 is 2.50 bits per heavy atom. The molecule has 0 bridgehead atoms. The monoisotopic (exact) mass is 411 g/mol. The molecule has 3 aromatic rings. The van der Waals surface area contributed by atoms with Crippen molar-refractivity contribution in [1.82, 2.24) is 10.3 Å². The number of hydrogen-bond donors (Lipinski definition) is 3. The Hall–Kier alpha value is -3.55. The van der Waals surface area contributed by atoms with E-state index in [2.05, 4.69) is 15.6 Å². The Balaban J connectivity index is 1.64. The SMILES string of the molecule is CCC1(c2ccc3[nH]c(C(=O)Nc4cc(F)cc(F)c4)cc3c2)CCC(=O)NC1=O. The van der Waals surface area contributed by atoms with Gasteiger partial charge in [-0.25, -0.2) is 8.78 Å². The third-order valence-corrected chi connectivity index (χ3v) is 5.61. The molecule has 2 heterocycles. The highest BCUT2D eigenvalue weighted by Gasteiger charge is 2.42. The molecule has 0 aliphatic carbocycles. The van der Waals surface area contributed by atoms with E-state index in [1.54, 1.807) is 18.2 Å². The van der Waals surface area contributed by atoms with E-state index in [4.69, 9.17) is 0 Å². The first-order chi connectivity index (χ1) is 14.3. The second-order valence-corrected chi connectivity index (χ2v) is 7.41. The van der Waals surface area contributed by atoms with E-state index in [1.807, 2.05) is 13.0 Å². The molecular formula is C22H19F2N3O3. The number of rotatable bonds is 4. The van der Waals surface area contributed by atoms with E-state index >= 15 is 0 Å². The van der Waals surface area contributed by atoms with Gasteiger partial charge in [0.2, 0.25) is 11.8 Å². The number of H-pyrrole nitrogens is 1. The van der Waals surface area contributed by atoms with Crippen LogP contribution in [0.3, 0.4) is 0 Å². The van der Waals surface area contributed by atoms with Gasteiger partial charge < -0.3 is 10.3 Å². The Morgan fingerprint density at radius 2 is 1.83 bits per heavy atom. The lowest BCUT2D eigenvalue weighted by Gasteiger charge is -2.35.